The van der Waals surface area contributed by atoms with E-state index in [-0.39, 0.29) is 22.0 Å². The lowest BCUT2D eigenvalue weighted by atomic mass is 10.1. The number of anilines is 1. The van der Waals surface area contributed by atoms with Gasteiger partial charge in [-0.1, -0.05) is 41.9 Å². The minimum absolute atomic E-state index is 0.0586. The standard InChI is InChI=1S/C22H14ClN3O4/c23-17-9-10-20(21(13-17)26(28)29)25-22(27)16(14-24)11-15-5-4-8-19(12-15)30-18-6-2-1-3-7-18/h1-13H,(H,25,27)/b16-11-. The summed E-state index contributed by atoms with van der Waals surface area (Å²) < 4.78 is 5.74. The number of ether oxygens (including phenoxy) is 1. The fourth-order valence-corrected chi connectivity index (χ4v) is 2.73. The van der Waals surface area contributed by atoms with Crippen molar-refractivity contribution in [3.8, 4) is 17.6 Å². The molecule has 0 aromatic heterocycles. The number of nitrogens with zero attached hydrogens (tertiary/aromatic N) is 2. The molecule has 3 aromatic carbocycles. The third-order valence-corrected chi connectivity index (χ3v) is 4.15. The Balaban J connectivity index is 1.82. The van der Waals surface area contributed by atoms with Crippen molar-refractivity contribution in [1.82, 2.24) is 0 Å². The number of halogens is 1. The Morgan fingerprint density at radius 3 is 2.50 bits per heavy atom. The highest BCUT2D eigenvalue weighted by molar-refractivity contribution is 6.31. The van der Waals surface area contributed by atoms with Crippen LogP contribution in [0.4, 0.5) is 11.4 Å². The topological polar surface area (TPSA) is 105 Å². The Morgan fingerprint density at radius 2 is 1.80 bits per heavy atom. The lowest BCUT2D eigenvalue weighted by Crippen LogP contribution is -2.14. The number of nitro groups is 1. The van der Waals surface area contributed by atoms with Crippen molar-refractivity contribution in [1.29, 1.82) is 5.26 Å². The molecular weight excluding hydrogens is 406 g/mol. The molecule has 3 rings (SSSR count). The minimum Gasteiger partial charge on any atom is -0.457 e. The molecule has 0 saturated carbocycles. The molecule has 1 amide bonds. The molecule has 0 aliphatic carbocycles. The third-order valence-electron chi connectivity index (χ3n) is 3.92. The number of nitrogens with one attached hydrogen (secondary N) is 1. The van der Waals surface area contributed by atoms with E-state index in [1.54, 1.807) is 36.4 Å². The molecule has 30 heavy (non-hydrogen) atoms. The van der Waals surface area contributed by atoms with Crippen LogP contribution in [0.3, 0.4) is 0 Å². The first-order valence-electron chi connectivity index (χ1n) is 8.66. The first-order chi connectivity index (χ1) is 14.5. The van der Waals surface area contributed by atoms with Gasteiger partial charge in [0.1, 0.15) is 28.8 Å². The fraction of sp³-hybridized carbons (Fsp3) is 0. The van der Waals surface area contributed by atoms with E-state index in [1.165, 1.54) is 18.2 Å². The van der Waals surface area contributed by atoms with Crippen molar-refractivity contribution >= 4 is 35.0 Å². The van der Waals surface area contributed by atoms with Crippen LogP contribution >= 0.6 is 11.6 Å². The van der Waals surface area contributed by atoms with Gasteiger partial charge in [-0.3, -0.25) is 14.9 Å². The summed E-state index contributed by atoms with van der Waals surface area (Å²) in [4.78, 5) is 23.0. The van der Waals surface area contributed by atoms with Crippen molar-refractivity contribution in [3.05, 3.63) is 99.1 Å². The number of amides is 1. The highest BCUT2D eigenvalue weighted by atomic mass is 35.5. The van der Waals surface area contributed by atoms with Gasteiger partial charge >= 0.3 is 0 Å². The maximum Gasteiger partial charge on any atom is 0.294 e. The molecular formula is C22H14ClN3O4. The van der Waals surface area contributed by atoms with Crippen LogP contribution in [0.1, 0.15) is 5.56 Å². The van der Waals surface area contributed by atoms with Crippen LogP contribution in [-0.2, 0) is 4.79 Å². The molecule has 0 atom stereocenters. The molecule has 1 N–H and O–H groups in total. The zero-order valence-corrected chi connectivity index (χ0v) is 16.2. The molecule has 0 radical (unpaired) electrons. The van der Waals surface area contributed by atoms with E-state index in [0.717, 1.165) is 6.07 Å². The zero-order chi connectivity index (χ0) is 21.5. The summed E-state index contributed by atoms with van der Waals surface area (Å²) >= 11 is 5.77. The van der Waals surface area contributed by atoms with Gasteiger partial charge in [0.25, 0.3) is 11.6 Å². The van der Waals surface area contributed by atoms with E-state index in [2.05, 4.69) is 5.32 Å². The predicted octanol–water partition coefficient (Wildman–Crippen LogP) is 5.59. The van der Waals surface area contributed by atoms with Gasteiger partial charge in [0.2, 0.25) is 0 Å². The van der Waals surface area contributed by atoms with E-state index >= 15 is 0 Å². The molecule has 0 aliphatic rings. The first-order valence-corrected chi connectivity index (χ1v) is 9.04. The number of nitro benzene ring substituents is 1. The average molecular weight is 420 g/mol. The molecule has 0 bridgehead atoms. The molecule has 0 saturated heterocycles. The van der Waals surface area contributed by atoms with Crippen LogP contribution in [0, 0.1) is 21.4 Å². The lowest BCUT2D eigenvalue weighted by molar-refractivity contribution is -0.383. The fourth-order valence-electron chi connectivity index (χ4n) is 2.56. The number of hydrogen-bond acceptors (Lipinski definition) is 5. The van der Waals surface area contributed by atoms with Gasteiger partial charge in [0.05, 0.1) is 4.92 Å². The third kappa shape index (κ3) is 5.22. The number of rotatable bonds is 6. The monoisotopic (exact) mass is 419 g/mol. The van der Waals surface area contributed by atoms with Crippen LogP contribution in [0.2, 0.25) is 5.02 Å². The molecule has 0 aliphatic heterocycles. The molecule has 0 unspecified atom stereocenters. The van der Waals surface area contributed by atoms with Gasteiger partial charge in [-0.15, -0.1) is 0 Å². The number of carbonyl (C=O) groups excluding carboxylic acids is 1. The van der Waals surface area contributed by atoms with Crippen molar-refractivity contribution in [2.24, 2.45) is 0 Å². The zero-order valence-electron chi connectivity index (χ0n) is 15.4. The number of para-hydroxylation sites is 1. The SMILES string of the molecule is N#C/C(=C/c1cccc(Oc2ccccc2)c1)C(=O)Nc1ccc(Cl)cc1[N+](=O)[O-]. The van der Waals surface area contributed by atoms with Crippen molar-refractivity contribution in [2.45, 2.75) is 0 Å². The van der Waals surface area contributed by atoms with E-state index in [1.807, 2.05) is 24.3 Å². The van der Waals surface area contributed by atoms with Gasteiger partial charge in [-0.05, 0) is 48.0 Å². The second-order valence-electron chi connectivity index (χ2n) is 6.03. The summed E-state index contributed by atoms with van der Waals surface area (Å²) in [5, 5.41) is 23.1. The van der Waals surface area contributed by atoms with Gasteiger partial charge < -0.3 is 10.1 Å². The van der Waals surface area contributed by atoms with Crippen LogP contribution in [0.25, 0.3) is 6.08 Å². The van der Waals surface area contributed by atoms with Crippen LogP contribution in [0.5, 0.6) is 11.5 Å². The molecule has 7 nitrogen and oxygen atoms in total. The maximum atomic E-state index is 12.5. The normalized spacial score (nSPS) is 10.7. The van der Waals surface area contributed by atoms with E-state index < -0.39 is 10.8 Å². The molecule has 148 valence electrons. The van der Waals surface area contributed by atoms with Crippen molar-refractivity contribution < 1.29 is 14.5 Å². The van der Waals surface area contributed by atoms with Gasteiger partial charge in [0, 0.05) is 11.1 Å². The summed E-state index contributed by atoms with van der Waals surface area (Å²) in [5.41, 5.74) is -0.0973. The second kappa shape index (κ2) is 9.37. The highest BCUT2D eigenvalue weighted by Crippen LogP contribution is 2.28. The van der Waals surface area contributed by atoms with Gasteiger partial charge in [0.15, 0.2) is 0 Å². The molecule has 0 heterocycles. The number of carbonyl (C=O) groups is 1. The van der Waals surface area contributed by atoms with Gasteiger partial charge in [-0.2, -0.15) is 5.26 Å². The summed E-state index contributed by atoms with van der Waals surface area (Å²) in [6, 6.07) is 21.6. The maximum absolute atomic E-state index is 12.5. The lowest BCUT2D eigenvalue weighted by Gasteiger charge is -2.07. The Morgan fingerprint density at radius 1 is 1.07 bits per heavy atom. The molecule has 8 heteroatoms. The Hall–Kier alpha value is -4.15. The number of hydrogen-bond donors (Lipinski definition) is 1. The van der Waals surface area contributed by atoms with E-state index in [9.17, 15) is 20.2 Å². The van der Waals surface area contributed by atoms with Crippen LogP contribution < -0.4 is 10.1 Å². The van der Waals surface area contributed by atoms with Crippen LogP contribution in [-0.4, -0.2) is 10.8 Å². The molecule has 0 spiro atoms. The smallest absolute Gasteiger partial charge is 0.294 e. The summed E-state index contributed by atoms with van der Waals surface area (Å²) in [6.45, 7) is 0. The van der Waals surface area contributed by atoms with E-state index in [4.69, 9.17) is 16.3 Å². The Bertz CT molecular complexity index is 1170. The Kier molecular flexibility index (Phi) is 6.42. The summed E-state index contributed by atoms with van der Waals surface area (Å²) in [7, 11) is 0. The second-order valence-corrected chi connectivity index (χ2v) is 6.47. The molecule has 0 fully saturated rings. The Labute approximate surface area is 176 Å². The highest BCUT2D eigenvalue weighted by Gasteiger charge is 2.18. The van der Waals surface area contributed by atoms with Crippen LogP contribution in [0.15, 0.2) is 78.4 Å². The van der Waals surface area contributed by atoms with Crippen molar-refractivity contribution in [3.63, 3.8) is 0 Å². The summed E-state index contributed by atoms with van der Waals surface area (Å²) in [5.74, 6) is 0.394. The van der Waals surface area contributed by atoms with Crippen molar-refractivity contribution in [2.75, 3.05) is 5.32 Å². The summed E-state index contributed by atoms with van der Waals surface area (Å²) in [6.07, 6.45) is 1.37. The first kappa shape index (κ1) is 20.6. The van der Waals surface area contributed by atoms with E-state index in [0.29, 0.717) is 17.1 Å². The quantitative estimate of drug-likeness (QED) is 0.243. The average Bonchev–Trinajstić information content (AvgIpc) is 2.74. The largest absolute Gasteiger partial charge is 0.457 e. The number of nitriles is 1. The van der Waals surface area contributed by atoms with Gasteiger partial charge in [-0.25, -0.2) is 0 Å². The minimum atomic E-state index is -0.780. The number of benzene rings is 3. The molecule has 3 aromatic rings. The predicted molar refractivity (Wildman–Crippen MR) is 113 cm³/mol.